The lowest BCUT2D eigenvalue weighted by atomic mass is 9.84. The van der Waals surface area contributed by atoms with Crippen molar-refractivity contribution >= 4 is 11.9 Å². The summed E-state index contributed by atoms with van der Waals surface area (Å²) >= 11 is 0. The highest BCUT2D eigenvalue weighted by Gasteiger charge is 2.20. The van der Waals surface area contributed by atoms with Crippen LogP contribution in [0.1, 0.15) is 48.4 Å². The zero-order chi connectivity index (χ0) is 16.8. The molecule has 0 amide bonds. The predicted octanol–water partition coefficient (Wildman–Crippen LogP) is 5.40. The number of hydrogen-bond acceptors (Lipinski definition) is 2. The average molecular weight is 306 g/mol. The van der Waals surface area contributed by atoms with Crippen LogP contribution in [0.15, 0.2) is 59.2 Å². The van der Waals surface area contributed by atoms with Crippen molar-refractivity contribution in [1.82, 2.24) is 0 Å². The van der Waals surface area contributed by atoms with E-state index in [4.69, 9.17) is 10.7 Å². The molecule has 0 radical (unpaired) electrons. The van der Waals surface area contributed by atoms with E-state index < -0.39 is 0 Å². The van der Waals surface area contributed by atoms with Gasteiger partial charge in [-0.15, -0.1) is 0 Å². The van der Waals surface area contributed by atoms with Crippen LogP contribution in [0, 0.1) is 13.8 Å². The fourth-order valence-corrected chi connectivity index (χ4v) is 2.85. The first-order valence-electron chi connectivity index (χ1n) is 8.18. The molecule has 0 aliphatic heterocycles. The van der Waals surface area contributed by atoms with Gasteiger partial charge in [0.05, 0.1) is 5.92 Å². The minimum atomic E-state index is 0.103. The summed E-state index contributed by atoms with van der Waals surface area (Å²) in [6, 6.07) is 14.6. The molecule has 2 rings (SSSR count). The summed E-state index contributed by atoms with van der Waals surface area (Å²) in [5.41, 5.74) is 13.0. The first kappa shape index (κ1) is 17.0. The molecule has 0 spiro atoms. The minimum absolute atomic E-state index is 0.103. The van der Waals surface area contributed by atoms with E-state index >= 15 is 0 Å². The summed E-state index contributed by atoms with van der Waals surface area (Å²) in [7, 11) is 0. The maximum atomic E-state index is 6.03. The van der Waals surface area contributed by atoms with E-state index in [1.807, 2.05) is 25.3 Å². The third-order valence-corrected chi connectivity index (χ3v) is 4.22. The molecule has 0 aliphatic rings. The number of aryl methyl sites for hydroxylation is 1. The molecule has 2 aromatic rings. The third kappa shape index (κ3) is 3.89. The van der Waals surface area contributed by atoms with Gasteiger partial charge < -0.3 is 5.73 Å². The van der Waals surface area contributed by atoms with Gasteiger partial charge in [-0.3, -0.25) is 4.99 Å². The summed E-state index contributed by atoms with van der Waals surface area (Å²) in [4.78, 5) is 4.71. The molecular weight excluding hydrogens is 280 g/mol. The summed E-state index contributed by atoms with van der Waals surface area (Å²) in [6.45, 7) is 8.48. The Morgan fingerprint density at radius 2 is 1.91 bits per heavy atom. The van der Waals surface area contributed by atoms with E-state index in [0.29, 0.717) is 0 Å². The van der Waals surface area contributed by atoms with Crippen molar-refractivity contribution in [2.75, 3.05) is 5.73 Å². The quantitative estimate of drug-likeness (QED) is 0.582. The Balaban J connectivity index is 2.64. The van der Waals surface area contributed by atoms with E-state index in [1.54, 1.807) is 0 Å². The standard InChI is InChI=1S/C21H26N2/c1-5-13-23-20(6-2)21(17-10-8-11-18(22)14-17)19-12-7-9-15(3)16(19)4/h6-14,21H,5,22H2,1-4H3/b20-6-,23-13?. The normalized spacial score (nSPS) is 13.5. The van der Waals surface area contributed by atoms with Crippen molar-refractivity contribution in [3.8, 4) is 0 Å². The van der Waals surface area contributed by atoms with Crippen LogP contribution >= 0.6 is 0 Å². The van der Waals surface area contributed by atoms with Gasteiger partial charge in [-0.1, -0.05) is 43.3 Å². The van der Waals surface area contributed by atoms with Crippen molar-refractivity contribution in [1.29, 1.82) is 0 Å². The molecular formula is C21H26N2. The Morgan fingerprint density at radius 1 is 1.17 bits per heavy atom. The van der Waals surface area contributed by atoms with Gasteiger partial charge in [0.25, 0.3) is 0 Å². The van der Waals surface area contributed by atoms with E-state index in [1.165, 1.54) is 22.3 Å². The summed E-state index contributed by atoms with van der Waals surface area (Å²) < 4.78 is 0. The van der Waals surface area contributed by atoms with E-state index in [9.17, 15) is 0 Å². The number of nitrogen functional groups attached to an aromatic ring is 1. The van der Waals surface area contributed by atoms with Crippen molar-refractivity contribution in [3.05, 3.63) is 76.5 Å². The van der Waals surface area contributed by atoms with Gasteiger partial charge in [0.1, 0.15) is 0 Å². The molecule has 1 unspecified atom stereocenters. The van der Waals surface area contributed by atoms with Gasteiger partial charge in [0.15, 0.2) is 0 Å². The lowest BCUT2D eigenvalue weighted by molar-refractivity contribution is 0.910. The number of anilines is 1. The van der Waals surface area contributed by atoms with E-state index in [0.717, 1.165) is 17.8 Å². The molecule has 120 valence electrons. The molecule has 23 heavy (non-hydrogen) atoms. The predicted molar refractivity (Wildman–Crippen MR) is 101 cm³/mol. The molecule has 0 bridgehead atoms. The lowest BCUT2D eigenvalue weighted by Gasteiger charge is -2.22. The second-order valence-corrected chi connectivity index (χ2v) is 5.83. The number of hydrogen-bond donors (Lipinski definition) is 1. The first-order valence-corrected chi connectivity index (χ1v) is 8.18. The monoisotopic (exact) mass is 306 g/mol. The number of aliphatic imine (C=N–C) groups is 1. The number of nitrogens with two attached hydrogens (primary N) is 1. The first-order chi connectivity index (χ1) is 11.1. The second-order valence-electron chi connectivity index (χ2n) is 5.83. The van der Waals surface area contributed by atoms with E-state index in [2.05, 4.69) is 57.2 Å². The van der Waals surface area contributed by atoms with Crippen molar-refractivity contribution in [3.63, 3.8) is 0 Å². The smallest absolute Gasteiger partial charge is 0.0512 e. The zero-order valence-electron chi connectivity index (χ0n) is 14.5. The topological polar surface area (TPSA) is 38.4 Å². The molecule has 2 nitrogen and oxygen atoms in total. The summed E-state index contributed by atoms with van der Waals surface area (Å²) in [5, 5.41) is 0. The van der Waals surface area contributed by atoms with Crippen LogP contribution < -0.4 is 5.73 Å². The highest BCUT2D eigenvalue weighted by atomic mass is 14.7. The van der Waals surface area contributed by atoms with Crippen LogP contribution in [0.2, 0.25) is 0 Å². The number of nitrogens with zero attached hydrogens (tertiary/aromatic N) is 1. The molecule has 0 fully saturated rings. The molecule has 2 N–H and O–H groups in total. The fraction of sp³-hybridized carbons (Fsp3) is 0.286. The van der Waals surface area contributed by atoms with Crippen molar-refractivity contribution in [2.24, 2.45) is 4.99 Å². The maximum absolute atomic E-state index is 6.03. The fourth-order valence-electron chi connectivity index (χ4n) is 2.85. The Hall–Kier alpha value is -2.35. The molecule has 0 aliphatic carbocycles. The minimum Gasteiger partial charge on any atom is -0.399 e. The summed E-state index contributed by atoms with van der Waals surface area (Å²) in [5.74, 6) is 0.103. The van der Waals surface area contributed by atoms with Gasteiger partial charge in [-0.2, -0.15) is 0 Å². The van der Waals surface area contributed by atoms with Crippen LogP contribution in [-0.4, -0.2) is 6.21 Å². The molecule has 0 aromatic heterocycles. The Labute approximate surface area is 139 Å². The van der Waals surface area contributed by atoms with Gasteiger partial charge in [0, 0.05) is 17.6 Å². The summed E-state index contributed by atoms with van der Waals surface area (Å²) in [6.07, 6.45) is 5.00. The molecule has 2 heteroatoms. The third-order valence-electron chi connectivity index (χ3n) is 4.22. The Bertz CT molecular complexity index is 726. The number of rotatable bonds is 5. The SMILES string of the molecule is C/C=C(\N=CCC)C(c1cccc(N)c1)c1cccc(C)c1C. The zero-order valence-corrected chi connectivity index (χ0v) is 14.5. The largest absolute Gasteiger partial charge is 0.399 e. The maximum Gasteiger partial charge on any atom is 0.0512 e. The number of benzene rings is 2. The number of allylic oxidation sites excluding steroid dienone is 2. The molecule has 0 saturated carbocycles. The van der Waals surface area contributed by atoms with Crippen LogP contribution in [0.3, 0.4) is 0 Å². The van der Waals surface area contributed by atoms with Crippen LogP contribution in [0.25, 0.3) is 0 Å². The molecule has 2 aromatic carbocycles. The van der Waals surface area contributed by atoms with Crippen molar-refractivity contribution in [2.45, 2.75) is 40.0 Å². The van der Waals surface area contributed by atoms with Crippen LogP contribution in [0.4, 0.5) is 5.69 Å². The van der Waals surface area contributed by atoms with Crippen molar-refractivity contribution < 1.29 is 0 Å². The second kappa shape index (κ2) is 7.77. The van der Waals surface area contributed by atoms with Gasteiger partial charge in [0.2, 0.25) is 0 Å². The average Bonchev–Trinajstić information content (AvgIpc) is 2.54. The molecule has 0 heterocycles. The van der Waals surface area contributed by atoms with Gasteiger partial charge in [-0.25, -0.2) is 0 Å². The Kier molecular flexibility index (Phi) is 5.75. The molecule has 1 atom stereocenters. The highest BCUT2D eigenvalue weighted by Crippen LogP contribution is 2.36. The Morgan fingerprint density at radius 3 is 2.57 bits per heavy atom. The molecule has 0 saturated heterocycles. The van der Waals surface area contributed by atoms with Crippen LogP contribution in [-0.2, 0) is 0 Å². The van der Waals surface area contributed by atoms with Gasteiger partial charge in [-0.05, 0) is 61.6 Å². The highest BCUT2D eigenvalue weighted by molar-refractivity contribution is 5.60. The lowest BCUT2D eigenvalue weighted by Crippen LogP contribution is -2.07. The van der Waals surface area contributed by atoms with E-state index in [-0.39, 0.29) is 5.92 Å². The van der Waals surface area contributed by atoms with Crippen LogP contribution in [0.5, 0.6) is 0 Å². The van der Waals surface area contributed by atoms with Gasteiger partial charge >= 0.3 is 0 Å².